The zero-order valence-electron chi connectivity index (χ0n) is 36.1. The number of fused-ring (bicyclic) bond motifs is 2. The highest BCUT2D eigenvalue weighted by Gasteiger charge is 2.39. The summed E-state index contributed by atoms with van der Waals surface area (Å²) in [6, 6.07) is 17.7. The number of carbonyl (C=O) groups is 2. The standard InChI is InChI=1S/C27H26Cl2N4O3.C21H24N4O3/c1-14-26(15(2)36-31-14)16-3-8-23-22(11-16)30-27(33(23)17-4-6-19(34)12-17)24-9-10-25(35)32(24)18-5-7-20(28)21(29)13-18;1-11-20(12(2)28-24-11)13-3-7-18-17(9-13)23-21(16-6-8-19(27)22-16)25(18)14-4-5-15(26)10-14/h3,5,7-8,11,13,17,19,24,34H,4,6,9-10,12H2,1-2H3;3,7,9,14-16,26H,4-6,8,10H2,1-2H3,(H,22,27)/t17-,19-,24+;14-,15-,16+/m11/s1. The number of aliphatic hydroxyl groups is 2. The van der Waals surface area contributed by atoms with Crippen LogP contribution in [0.15, 0.2) is 63.6 Å². The van der Waals surface area contributed by atoms with Crippen LogP contribution in [0.1, 0.15) is 123 Å². The second-order valence-corrected chi connectivity index (χ2v) is 18.6. The van der Waals surface area contributed by atoms with Crippen LogP contribution in [-0.2, 0) is 9.59 Å². The highest BCUT2D eigenvalue weighted by atomic mass is 35.5. The Morgan fingerprint density at radius 3 is 1.70 bits per heavy atom. The molecule has 0 radical (unpaired) electrons. The molecule has 2 saturated heterocycles. The Hall–Kier alpha value is -5.54. The molecule has 3 N–H and O–H groups in total. The molecule has 16 heteroatoms. The second-order valence-electron chi connectivity index (χ2n) is 17.8. The first kappa shape index (κ1) is 42.4. The summed E-state index contributed by atoms with van der Waals surface area (Å²) in [5, 5.41) is 32.5. The van der Waals surface area contributed by atoms with Gasteiger partial charge >= 0.3 is 0 Å². The first-order valence-electron chi connectivity index (χ1n) is 22.2. The maximum Gasteiger partial charge on any atom is 0.227 e. The van der Waals surface area contributed by atoms with Crippen LogP contribution < -0.4 is 10.2 Å². The fourth-order valence-electron chi connectivity index (χ4n) is 10.6. The number of aliphatic hydroxyl groups excluding tert-OH is 2. The number of aromatic nitrogens is 6. The van der Waals surface area contributed by atoms with Gasteiger partial charge in [0.05, 0.1) is 67.8 Å². The molecule has 332 valence electrons. The Kier molecular flexibility index (Phi) is 11.1. The summed E-state index contributed by atoms with van der Waals surface area (Å²) in [6.07, 6.45) is 6.49. The lowest BCUT2D eigenvalue weighted by Crippen LogP contribution is -2.29. The van der Waals surface area contributed by atoms with E-state index in [-0.39, 0.29) is 48.2 Å². The third kappa shape index (κ3) is 7.57. The molecule has 6 atom stereocenters. The van der Waals surface area contributed by atoms with Gasteiger partial charge in [0.1, 0.15) is 23.2 Å². The van der Waals surface area contributed by atoms with E-state index in [1.807, 2.05) is 33.8 Å². The van der Waals surface area contributed by atoms with Gasteiger partial charge in [-0.25, -0.2) is 9.97 Å². The summed E-state index contributed by atoms with van der Waals surface area (Å²) in [5.41, 5.74) is 10.2. The zero-order chi connectivity index (χ0) is 44.6. The largest absolute Gasteiger partial charge is 0.393 e. The molecule has 3 aromatic carbocycles. The number of benzene rings is 3. The maximum atomic E-state index is 13.1. The van der Waals surface area contributed by atoms with Crippen molar-refractivity contribution in [1.29, 1.82) is 0 Å². The number of carbonyl (C=O) groups excluding carboxylic acids is 2. The smallest absolute Gasteiger partial charge is 0.227 e. The fraction of sp³-hybridized carbons (Fsp3) is 0.417. The molecule has 2 aliphatic heterocycles. The molecule has 4 aromatic heterocycles. The van der Waals surface area contributed by atoms with Crippen LogP contribution in [-0.4, -0.2) is 63.7 Å². The van der Waals surface area contributed by atoms with Crippen molar-refractivity contribution >= 4 is 62.8 Å². The van der Waals surface area contributed by atoms with E-state index in [1.165, 1.54) is 0 Å². The highest BCUT2D eigenvalue weighted by molar-refractivity contribution is 6.42. The molecule has 0 spiro atoms. The minimum Gasteiger partial charge on any atom is -0.393 e. The van der Waals surface area contributed by atoms with Crippen molar-refractivity contribution in [2.24, 2.45) is 0 Å². The van der Waals surface area contributed by atoms with Crippen molar-refractivity contribution < 1.29 is 28.8 Å². The molecule has 64 heavy (non-hydrogen) atoms. The van der Waals surface area contributed by atoms with Gasteiger partial charge in [0, 0.05) is 41.7 Å². The number of imidazole rings is 2. The number of nitrogens with zero attached hydrogens (tertiary/aromatic N) is 7. The average molecular weight is 906 g/mol. The Morgan fingerprint density at radius 1 is 0.656 bits per heavy atom. The van der Waals surface area contributed by atoms with Gasteiger partial charge in [0.15, 0.2) is 0 Å². The van der Waals surface area contributed by atoms with Gasteiger partial charge in [-0.3, -0.25) is 9.59 Å². The first-order chi connectivity index (χ1) is 30.8. The highest BCUT2D eigenvalue weighted by Crippen LogP contribution is 2.44. The molecular formula is C48H50Cl2N8O6. The van der Waals surface area contributed by atoms with E-state index >= 15 is 0 Å². The topological polar surface area (TPSA) is 178 Å². The molecule has 2 aliphatic carbocycles. The van der Waals surface area contributed by atoms with E-state index in [2.05, 4.69) is 61.2 Å². The quantitative estimate of drug-likeness (QED) is 0.140. The van der Waals surface area contributed by atoms with Gasteiger partial charge < -0.3 is 38.6 Å². The fourth-order valence-corrected chi connectivity index (χ4v) is 10.9. The van der Waals surface area contributed by atoms with Crippen molar-refractivity contribution in [3.05, 3.63) is 99.2 Å². The summed E-state index contributed by atoms with van der Waals surface area (Å²) in [5.74, 6) is 3.38. The Morgan fingerprint density at radius 2 is 1.22 bits per heavy atom. The number of hydrogen-bond donors (Lipinski definition) is 3. The summed E-state index contributed by atoms with van der Waals surface area (Å²) in [4.78, 5) is 36.8. The molecule has 0 unspecified atom stereocenters. The average Bonchev–Trinajstić information content (AvgIpc) is 4.14. The number of nitrogens with one attached hydrogen (secondary N) is 1. The lowest BCUT2D eigenvalue weighted by Gasteiger charge is -2.27. The van der Waals surface area contributed by atoms with Gasteiger partial charge in [-0.15, -0.1) is 0 Å². The van der Waals surface area contributed by atoms with Crippen molar-refractivity contribution in [1.82, 2.24) is 34.7 Å². The molecule has 7 aromatic rings. The van der Waals surface area contributed by atoms with Crippen LogP contribution in [0.25, 0.3) is 44.3 Å². The maximum absolute atomic E-state index is 13.1. The predicted octanol–water partition coefficient (Wildman–Crippen LogP) is 9.91. The molecule has 2 saturated carbocycles. The molecular weight excluding hydrogens is 855 g/mol. The molecule has 11 rings (SSSR count). The number of anilines is 1. The van der Waals surface area contributed by atoms with Crippen molar-refractivity contribution in [3.63, 3.8) is 0 Å². The number of hydrogen-bond acceptors (Lipinski definition) is 10. The molecule has 4 fully saturated rings. The van der Waals surface area contributed by atoms with E-state index in [0.29, 0.717) is 41.4 Å². The van der Waals surface area contributed by atoms with Gasteiger partial charge in [-0.1, -0.05) is 45.6 Å². The van der Waals surface area contributed by atoms with Crippen LogP contribution in [0.4, 0.5) is 5.69 Å². The van der Waals surface area contributed by atoms with E-state index in [9.17, 15) is 19.8 Å². The summed E-state index contributed by atoms with van der Waals surface area (Å²) in [7, 11) is 0. The number of amides is 2. The molecule has 14 nitrogen and oxygen atoms in total. The van der Waals surface area contributed by atoms with Crippen LogP contribution in [0.5, 0.6) is 0 Å². The number of aryl methyl sites for hydroxylation is 4. The summed E-state index contributed by atoms with van der Waals surface area (Å²) >= 11 is 12.5. The Labute approximate surface area is 379 Å². The molecule has 0 bridgehead atoms. The van der Waals surface area contributed by atoms with Crippen LogP contribution >= 0.6 is 23.2 Å². The molecule has 4 aliphatic rings. The summed E-state index contributed by atoms with van der Waals surface area (Å²) < 4.78 is 15.2. The minimum absolute atomic E-state index is 0.0277. The number of rotatable bonds is 7. The van der Waals surface area contributed by atoms with Crippen LogP contribution in [0.3, 0.4) is 0 Å². The minimum atomic E-state index is -0.335. The summed E-state index contributed by atoms with van der Waals surface area (Å²) in [6.45, 7) is 7.69. The predicted molar refractivity (Wildman–Crippen MR) is 243 cm³/mol. The van der Waals surface area contributed by atoms with Crippen LogP contribution in [0, 0.1) is 27.7 Å². The third-order valence-corrected chi connectivity index (χ3v) is 14.3. The van der Waals surface area contributed by atoms with Gasteiger partial charge in [-0.05, 0) is 133 Å². The monoisotopic (exact) mass is 904 g/mol. The van der Waals surface area contributed by atoms with E-state index < -0.39 is 0 Å². The Bertz CT molecular complexity index is 2910. The zero-order valence-corrected chi connectivity index (χ0v) is 37.7. The second kappa shape index (κ2) is 16.8. The van der Waals surface area contributed by atoms with Crippen molar-refractivity contribution in [3.8, 4) is 22.3 Å². The third-order valence-electron chi connectivity index (χ3n) is 13.6. The van der Waals surface area contributed by atoms with Gasteiger partial charge in [-0.2, -0.15) is 0 Å². The van der Waals surface area contributed by atoms with Gasteiger partial charge in [0.2, 0.25) is 11.8 Å². The molecule has 6 heterocycles. The normalized spacial score (nSPS) is 23.5. The van der Waals surface area contributed by atoms with E-state index in [1.54, 1.807) is 17.0 Å². The SMILES string of the molecule is Cc1noc(C)c1-c1ccc2c(c1)nc([C@@H]1CCC(=O)N1)n2[C@@H]1CC[C@@H](O)C1.Cc1noc(C)c1-c1ccc2c(c1)nc([C@@H]1CCC(=O)N1c1ccc(Cl)c(Cl)c1)n2[C@@H]1CC[C@@H](O)C1. The first-order valence-corrected chi connectivity index (χ1v) is 22.9. The lowest BCUT2D eigenvalue weighted by atomic mass is 10.0. The van der Waals surface area contributed by atoms with Crippen LogP contribution in [0.2, 0.25) is 10.0 Å². The lowest BCUT2D eigenvalue weighted by molar-refractivity contribution is -0.119. The Balaban J connectivity index is 0.000000156. The van der Waals surface area contributed by atoms with E-state index in [0.717, 1.165) is 117 Å². The van der Waals surface area contributed by atoms with E-state index in [4.69, 9.17) is 42.2 Å². The molecule has 2 amide bonds. The van der Waals surface area contributed by atoms with Crippen molar-refractivity contribution in [2.45, 2.75) is 128 Å². The number of halogens is 2. The van der Waals surface area contributed by atoms with Crippen molar-refractivity contribution in [2.75, 3.05) is 4.90 Å². The van der Waals surface area contributed by atoms with Gasteiger partial charge in [0.25, 0.3) is 0 Å².